The van der Waals surface area contributed by atoms with Crippen molar-refractivity contribution in [1.29, 1.82) is 0 Å². The standard InChI is InChI=1S/C11H8ClF3O/c12-6-2-1-3-8-4-5-9(16)7-10(8)11(13,14)15/h4-5,7,16H,2,6H2. The van der Waals surface area contributed by atoms with Gasteiger partial charge in [-0.15, -0.1) is 11.6 Å². The first-order chi connectivity index (χ1) is 7.45. The number of hydrogen-bond acceptors (Lipinski definition) is 1. The van der Waals surface area contributed by atoms with E-state index in [1.165, 1.54) is 6.07 Å². The Bertz CT molecular complexity index is 429. The van der Waals surface area contributed by atoms with Crippen LogP contribution in [0.2, 0.25) is 0 Å². The fraction of sp³-hybridized carbons (Fsp3) is 0.273. The molecule has 0 saturated carbocycles. The van der Waals surface area contributed by atoms with Gasteiger partial charge in [0.15, 0.2) is 0 Å². The van der Waals surface area contributed by atoms with E-state index in [-0.39, 0.29) is 11.4 Å². The predicted octanol–water partition coefficient (Wildman–Crippen LogP) is 3.39. The van der Waals surface area contributed by atoms with Crippen molar-refractivity contribution in [2.75, 3.05) is 5.88 Å². The number of hydrogen-bond donors (Lipinski definition) is 1. The van der Waals surface area contributed by atoms with Crippen LogP contribution in [0, 0.1) is 11.8 Å². The number of phenols is 1. The molecule has 0 aromatic heterocycles. The molecule has 0 atom stereocenters. The summed E-state index contributed by atoms with van der Waals surface area (Å²) in [4.78, 5) is 0. The van der Waals surface area contributed by atoms with Crippen molar-refractivity contribution >= 4 is 11.6 Å². The first-order valence-electron chi connectivity index (χ1n) is 4.40. The third-order valence-electron chi connectivity index (χ3n) is 1.75. The van der Waals surface area contributed by atoms with Gasteiger partial charge in [-0.1, -0.05) is 11.8 Å². The summed E-state index contributed by atoms with van der Waals surface area (Å²) in [7, 11) is 0. The lowest BCUT2D eigenvalue weighted by Crippen LogP contribution is -2.07. The zero-order valence-electron chi connectivity index (χ0n) is 8.11. The molecule has 1 rings (SSSR count). The van der Waals surface area contributed by atoms with E-state index in [9.17, 15) is 13.2 Å². The van der Waals surface area contributed by atoms with E-state index in [1.54, 1.807) is 0 Å². The van der Waals surface area contributed by atoms with E-state index in [1.807, 2.05) is 0 Å². The topological polar surface area (TPSA) is 20.2 Å². The van der Waals surface area contributed by atoms with Gasteiger partial charge >= 0.3 is 6.18 Å². The molecular formula is C11H8ClF3O. The molecule has 0 radical (unpaired) electrons. The largest absolute Gasteiger partial charge is 0.508 e. The lowest BCUT2D eigenvalue weighted by Gasteiger charge is -2.09. The molecule has 1 aromatic rings. The first-order valence-corrected chi connectivity index (χ1v) is 4.93. The zero-order chi connectivity index (χ0) is 12.2. The molecule has 1 N–H and O–H groups in total. The Kier molecular flexibility index (Phi) is 4.08. The molecule has 1 nitrogen and oxygen atoms in total. The molecule has 0 fully saturated rings. The Morgan fingerprint density at radius 2 is 2.00 bits per heavy atom. The number of phenolic OH excluding ortho intramolecular Hbond substituents is 1. The Labute approximate surface area is 95.8 Å². The van der Waals surface area contributed by atoms with Crippen molar-refractivity contribution in [3.8, 4) is 17.6 Å². The predicted molar refractivity (Wildman–Crippen MR) is 55.3 cm³/mol. The third-order valence-corrected chi connectivity index (χ3v) is 1.94. The van der Waals surface area contributed by atoms with Gasteiger partial charge in [-0.05, 0) is 18.2 Å². The van der Waals surface area contributed by atoms with Crippen LogP contribution in [0.5, 0.6) is 5.75 Å². The van der Waals surface area contributed by atoms with Crippen LogP contribution in [0.4, 0.5) is 13.2 Å². The van der Waals surface area contributed by atoms with Crippen LogP contribution in [-0.4, -0.2) is 11.0 Å². The minimum Gasteiger partial charge on any atom is -0.508 e. The van der Waals surface area contributed by atoms with Crippen molar-refractivity contribution < 1.29 is 18.3 Å². The van der Waals surface area contributed by atoms with Crippen molar-refractivity contribution in [2.24, 2.45) is 0 Å². The van der Waals surface area contributed by atoms with Crippen LogP contribution >= 0.6 is 11.6 Å². The van der Waals surface area contributed by atoms with E-state index in [0.717, 1.165) is 6.07 Å². The molecule has 0 aliphatic rings. The molecule has 0 bridgehead atoms. The summed E-state index contributed by atoms with van der Waals surface area (Å²) in [6.45, 7) is 0. The zero-order valence-corrected chi connectivity index (χ0v) is 8.86. The van der Waals surface area contributed by atoms with Crippen LogP contribution in [0.15, 0.2) is 18.2 Å². The highest BCUT2D eigenvalue weighted by Crippen LogP contribution is 2.33. The second-order valence-corrected chi connectivity index (χ2v) is 3.35. The highest BCUT2D eigenvalue weighted by Gasteiger charge is 2.33. The van der Waals surface area contributed by atoms with E-state index < -0.39 is 17.5 Å². The maximum absolute atomic E-state index is 12.5. The van der Waals surface area contributed by atoms with Gasteiger partial charge in [0.25, 0.3) is 0 Å². The summed E-state index contributed by atoms with van der Waals surface area (Å²) in [5.74, 6) is 4.74. The molecule has 0 aliphatic carbocycles. The third kappa shape index (κ3) is 3.35. The van der Waals surface area contributed by atoms with Gasteiger partial charge in [0.1, 0.15) is 5.75 Å². The summed E-state index contributed by atoms with van der Waals surface area (Å²) in [6, 6.07) is 2.96. The monoisotopic (exact) mass is 248 g/mol. The summed E-state index contributed by atoms with van der Waals surface area (Å²) < 4.78 is 37.6. The second kappa shape index (κ2) is 5.13. The van der Waals surface area contributed by atoms with Crippen molar-refractivity contribution in [3.05, 3.63) is 29.3 Å². The van der Waals surface area contributed by atoms with E-state index >= 15 is 0 Å². The van der Waals surface area contributed by atoms with Gasteiger partial charge in [0, 0.05) is 17.9 Å². The van der Waals surface area contributed by atoms with Gasteiger partial charge in [-0.25, -0.2) is 0 Å². The Balaban J connectivity index is 3.15. The highest BCUT2D eigenvalue weighted by molar-refractivity contribution is 6.18. The smallest absolute Gasteiger partial charge is 0.417 e. The maximum Gasteiger partial charge on any atom is 0.417 e. The van der Waals surface area contributed by atoms with Gasteiger partial charge in [0.2, 0.25) is 0 Å². The average Bonchev–Trinajstić information content (AvgIpc) is 2.19. The molecule has 0 unspecified atom stereocenters. The number of benzene rings is 1. The molecule has 16 heavy (non-hydrogen) atoms. The molecule has 0 amide bonds. The Hall–Kier alpha value is -1.34. The van der Waals surface area contributed by atoms with Gasteiger partial charge < -0.3 is 5.11 Å². The van der Waals surface area contributed by atoms with Gasteiger partial charge in [0.05, 0.1) is 5.56 Å². The molecule has 0 saturated heterocycles. The molecule has 0 spiro atoms. The Morgan fingerprint density at radius 1 is 1.31 bits per heavy atom. The first kappa shape index (κ1) is 12.7. The number of alkyl halides is 4. The summed E-state index contributed by atoms with van der Waals surface area (Å²) in [5, 5.41) is 9.00. The van der Waals surface area contributed by atoms with Crippen LogP contribution in [-0.2, 0) is 6.18 Å². The minimum absolute atomic E-state index is 0.157. The SMILES string of the molecule is Oc1ccc(C#CCCCl)c(C(F)(F)F)c1. The van der Waals surface area contributed by atoms with Crippen molar-refractivity contribution in [3.63, 3.8) is 0 Å². The van der Waals surface area contributed by atoms with Crippen LogP contribution in [0.25, 0.3) is 0 Å². The van der Waals surface area contributed by atoms with Crippen molar-refractivity contribution in [1.82, 2.24) is 0 Å². The average molecular weight is 249 g/mol. The second-order valence-electron chi connectivity index (χ2n) is 2.97. The van der Waals surface area contributed by atoms with E-state index in [2.05, 4.69) is 11.8 Å². The number of aromatic hydroxyl groups is 1. The van der Waals surface area contributed by atoms with E-state index in [4.69, 9.17) is 16.7 Å². The summed E-state index contributed by atoms with van der Waals surface area (Å²) in [5.41, 5.74) is -1.09. The van der Waals surface area contributed by atoms with Gasteiger partial charge in [-0.3, -0.25) is 0 Å². The lowest BCUT2D eigenvalue weighted by molar-refractivity contribution is -0.137. The van der Waals surface area contributed by atoms with Crippen molar-refractivity contribution in [2.45, 2.75) is 12.6 Å². The molecule has 0 aliphatic heterocycles. The Morgan fingerprint density at radius 3 is 2.56 bits per heavy atom. The molecule has 1 aromatic carbocycles. The summed E-state index contributed by atoms with van der Waals surface area (Å²) in [6.07, 6.45) is -4.20. The molecule has 86 valence electrons. The fourth-order valence-corrected chi connectivity index (χ4v) is 1.18. The van der Waals surface area contributed by atoms with E-state index in [0.29, 0.717) is 12.5 Å². The minimum atomic E-state index is -4.52. The highest BCUT2D eigenvalue weighted by atomic mass is 35.5. The fourth-order valence-electron chi connectivity index (χ4n) is 1.08. The summed E-state index contributed by atoms with van der Waals surface area (Å²) >= 11 is 5.36. The van der Waals surface area contributed by atoms with Gasteiger partial charge in [-0.2, -0.15) is 13.2 Å². The normalized spacial score (nSPS) is 10.8. The lowest BCUT2D eigenvalue weighted by atomic mass is 10.1. The number of halogens is 4. The molecule has 5 heteroatoms. The maximum atomic E-state index is 12.5. The molecule has 0 heterocycles. The van der Waals surface area contributed by atoms with Crippen LogP contribution in [0.1, 0.15) is 17.5 Å². The molecular weight excluding hydrogens is 241 g/mol. The van der Waals surface area contributed by atoms with Crippen LogP contribution in [0.3, 0.4) is 0 Å². The number of rotatable bonds is 1. The quantitative estimate of drug-likeness (QED) is 0.597. The van der Waals surface area contributed by atoms with Crippen LogP contribution < -0.4 is 0 Å².